The van der Waals surface area contributed by atoms with Crippen LogP contribution >= 0.6 is 0 Å². The molecule has 0 unspecified atom stereocenters. The van der Waals surface area contributed by atoms with Gasteiger partial charge in [0.25, 0.3) is 10.2 Å². The van der Waals surface area contributed by atoms with Crippen molar-refractivity contribution in [2.45, 2.75) is 25.8 Å². The summed E-state index contributed by atoms with van der Waals surface area (Å²) >= 11 is 0. The molecule has 0 radical (unpaired) electrons. The van der Waals surface area contributed by atoms with Crippen molar-refractivity contribution in [1.82, 2.24) is 13.9 Å². The maximum absolute atomic E-state index is 12.6. The first-order valence-corrected chi connectivity index (χ1v) is 8.42. The van der Waals surface area contributed by atoms with Crippen LogP contribution in [0.25, 0.3) is 0 Å². The van der Waals surface area contributed by atoms with Crippen molar-refractivity contribution in [2.24, 2.45) is 5.92 Å². The number of hydrogen-bond acceptors (Lipinski definition) is 5. The van der Waals surface area contributed by atoms with Crippen LogP contribution in [0, 0.1) is 5.92 Å². The molecule has 7 nitrogen and oxygen atoms in total. The first-order chi connectivity index (χ1) is 9.46. The van der Waals surface area contributed by atoms with Crippen molar-refractivity contribution in [1.29, 1.82) is 0 Å². The number of nitrogens with one attached hydrogen (secondary N) is 1. The standard InChI is InChI=1S/C12H23N3O4S/c1-10-9-13-5-8-15(10)20(17,18)14-6-3-11(4-7-14)12(16)19-2/h10-11,13H,3-9H2,1-2H3/t10-/m1/s1. The van der Waals surface area contributed by atoms with Gasteiger partial charge in [-0.3, -0.25) is 4.79 Å². The maximum atomic E-state index is 12.6. The average molecular weight is 305 g/mol. The molecule has 1 atom stereocenters. The number of esters is 1. The van der Waals surface area contributed by atoms with E-state index in [2.05, 4.69) is 5.32 Å². The summed E-state index contributed by atoms with van der Waals surface area (Å²) in [6.07, 6.45) is 1.07. The SMILES string of the molecule is COC(=O)C1CCN(S(=O)(=O)N2CCNC[C@H]2C)CC1. The minimum Gasteiger partial charge on any atom is -0.469 e. The van der Waals surface area contributed by atoms with Gasteiger partial charge in [-0.05, 0) is 19.8 Å². The van der Waals surface area contributed by atoms with Gasteiger partial charge in [0.1, 0.15) is 0 Å². The Labute approximate surface area is 120 Å². The van der Waals surface area contributed by atoms with Crippen LogP contribution in [-0.2, 0) is 19.7 Å². The Balaban J connectivity index is 2.00. The molecule has 1 N–H and O–H groups in total. The van der Waals surface area contributed by atoms with E-state index in [1.807, 2.05) is 6.92 Å². The molecule has 0 aromatic rings. The summed E-state index contributed by atoms with van der Waals surface area (Å²) in [5.41, 5.74) is 0. The fraction of sp³-hybridized carbons (Fsp3) is 0.917. The summed E-state index contributed by atoms with van der Waals surface area (Å²) in [5.74, 6) is -0.413. The molecule has 2 saturated heterocycles. The molecule has 0 amide bonds. The van der Waals surface area contributed by atoms with Gasteiger partial charge in [0.15, 0.2) is 0 Å². The van der Waals surface area contributed by atoms with E-state index >= 15 is 0 Å². The van der Waals surface area contributed by atoms with E-state index in [9.17, 15) is 13.2 Å². The van der Waals surface area contributed by atoms with Crippen molar-refractivity contribution in [3.05, 3.63) is 0 Å². The number of nitrogens with zero attached hydrogens (tertiary/aromatic N) is 2. The Bertz CT molecular complexity index is 446. The van der Waals surface area contributed by atoms with Crippen LogP contribution in [0.1, 0.15) is 19.8 Å². The van der Waals surface area contributed by atoms with Crippen LogP contribution in [-0.4, -0.2) is 68.9 Å². The fourth-order valence-corrected chi connectivity index (χ4v) is 4.62. The number of methoxy groups -OCH3 is 1. The van der Waals surface area contributed by atoms with Gasteiger partial charge in [-0.25, -0.2) is 0 Å². The van der Waals surface area contributed by atoms with Crippen molar-refractivity contribution in [2.75, 3.05) is 39.8 Å². The van der Waals surface area contributed by atoms with Crippen molar-refractivity contribution < 1.29 is 17.9 Å². The number of piperazine rings is 1. The lowest BCUT2D eigenvalue weighted by Crippen LogP contribution is -2.57. The number of hydrogen-bond donors (Lipinski definition) is 1. The lowest BCUT2D eigenvalue weighted by molar-refractivity contribution is -0.146. The number of carbonyl (C=O) groups excluding carboxylic acids is 1. The molecule has 0 aromatic heterocycles. The zero-order valence-corrected chi connectivity index (χ0v) is 12.9. The van der Waals surface area contributed by atoms with Crippen LogP contribution in [0.15, 0.2) is 0 Å². The summed E-state index contributed by atoms with van der Waals surface area (Å²) in [6.45, 7) is 4.54. The van der Waals surface area contributed by atoms with Crippen LogP contribution < -0.4 is 5.32 Å². The molecule has 2 fully saturated rings. The van der Waals surface area contributed by atoms with Gasteiger partial charge in [-0.2, -0.15) is 17.0 Å². The smallest absolute Gasteiger partial charge is 0.308 e. The topological polar surface area (TPSA) is 79.0 Å². The first kappa shape index (κ1) is 15.7. The minimum atomic E-state index is -3.42. The lowest BCUT2D eigenvalue weighted by atomic mass is 9.99. The first-order valence-electron chi connectivity index (χ1n) is 7.02. The molecule has 0 bridgehead atoms. The molecule has 0 spiro atoms. The molecule has 20 heavy (non-hydrogen) atoms. The summed E-state index contributed by atoms with van der Waals surface area (Å²) in [5, 5.41) is 3.18. The molecule has 0 saturated carbocycles. The summed E-state index contributed by atoms with van der Waals surface area (Å²) in [4.78, 5) is 11.5. The van der Waals surface area contributed by atoms with E-state index in [-0.39, 0.29) is 17.9 Å². The van der Waals surface area contributed by atoms with Crippen LogP contribution in [0.3, 0.4) is 0 Å². The normalized spacial score (nSPS) is 27.4. The van der Waals surface area contributed by atoms with Crippen molar-refractivity contribution >= 4 is 16.2 Å². The van der Waals surface area contributed by atoms with Gasteiger partial charge >= 0.3 is 5.97 Å². The third kappa shape index (κ3) is 3.13. The zero-order valence-electron chi connectivity index (χ0n) is 12.0. The Morgan fingerprint density at radius 2 is 1.90 bits per heavy atom. The molecule has 2 aliphatic heterocycles. The van der Waals surface area contributed by atoms with E-state index in [1.54, 1.807) is 4.31 Å². The monoisotopic (exact) mass is 305 g/mol. The number of carbonyl (C=O) groups is 1. The Hall–Kier alpha value is -0.700. The van der Waals surface area contributed by atoms with Gasteiger partial charge in [-0.15, -0.1) is 0 Å². The van der Waals surface area contributed by atoms with Gasteiger partial charge in [0, 0.05) is 38.8 Å². The second-order valence-corrected chi connectivity index (χ2v) is 7.25. The molecule has 2 heterocycles. The fourth-order valence-electron chi connectivity index (χ4n) is 2.80. The number of piperidine rings is 1. The molecular formula is C12H23N3O4S. The summed E-state index contributed by atoms with van der Waals surface area (Å²) in [7, 11) is -2.05. The summed E-state index contributed by atoms with van der Waals surface area (Å²) in [6, 6.07) is -0.0351. The van der Waals surface area contributed by atoms with E-state index < -0.39 is 10.2 Å². The molecule has 0 aliphatic carbocycles. The lowest BCUT2D eigenvalue weighted by Gasteiger charge is -2.38. The highest BCUT2D eigenvalue weighted by atomic mass is 32.2. The van der Waals surface area contributed by atoms with Gasteiger partial charge < -0.3 is 10.1 Å². The number of rotatable bonds is 3. The third-order valence-electron chi connectivity index (χ3n) is 4.05. The molecule has 2 rings (SSSR count). The van der Waals surface area contributed by atoms with E-state index in [0.717, 1.165) is 0 Å². The second-order valence-electron chi connectivity index (χ2n) is 5.37. The van der Waals surface area contributed by atoms with Crippen LogP contribution in [0.2, 0.25) is 0 Å². The third-order valence-corrected chi connectivity index (χ3v) is 6.20. The quantitative estimate of drug-likeness (QED) is 0.705. The molecule has 2 aliphatic rings. The van der Waals surface area contributed by atoms with Crippen molar-refractivity contribution in [3.8, 4) is 0 Å². The van der Waals surface area contributed by atoms with E-state index in [1.165, 1.54) is 11.4 Å². The van der Waals surface area contributed by atoms with Crippen LogP contribution in [0.5, 0.6) is 0 Å². The molecular weight excluding hydrogens is 282 g/mol. The summed E-state index contributed by atoms with van der Waals surface area (Å²) < 4.78 is 33.0. The Morgan fingerprint density at radius 1 is 1.25 bits per heavy atom. The Morgan fingerprint density at radius 3 is 2.45 bits per heavy atom. The molecule has 116 valence electrons. The average Bonchev–Trinajstić information content (AvgIpc) is 2.47. The predicted octanol–water partition coefficient (Wildman–Crippen LogP) is -0.590. The van der Waals surface area contributed by atoms with Gasteiger partial charge in [0.05, 0.1) is 13.0 Å². The van der Waals surface area contributed by atoms with E-state index in [4.69, 9.17) is 4.74 Å². The van der Waals surface area contributed by atoms with E-state index in [0.29, 0.717) is 45.6 Å². The zero-order chi connectivity index (χ0) is 14.8. The maximum Gasteiger partial charge on any atom is 0.308 e. The minimum absolute atomic E-state index is 0.0351. The molecule has 8 heteroatoms. The van der Waals surface area contributed by atoms with Gasteiger partial charge in [-0.1, -0.05) is 0 Å². The highest BCUT2D eigenvalue weighted by molar-refractivity contribution is 7.86. The number of ether oxygens (including phenoxy) is 1. The largest absolute Gasteiger partial charge is 0.469 e. The Kier molecular flexibility index (Phi) is 5.00. The highest BCUT2D eigenvalue weighted by Gasteiger charge is 2.37. The highest BCUT2D eigenvalue weighted by Crippen LogP contribution is 2.23. The predicted molar refractivity (Wildman–Crippen MR) is 74.3 cm³/mol. The molecule has 0 aromatic carbocycles. The second kappa shape index (κ2) is 6.38. The van der Waals surface area contributed by atoms with Crippen LogP contribution in [0.4, 0.5) is 0 Å². The van der Waals surface area contributed by atoms with Crippen molar-refractivity contribution in [3.63, 3.8) is 0 Å². The van der Waals surface area contributed by atoms with Gasteiger partial charge in [0.2, 0.25) is 0 Å².